The van der Waals surface area contributed by atoms with Crippen molar-refractivity contribution in [2.45, 2.75) is 13.5 Å². The van der Waals surface area contributed by atoms with Crippen molar-refractivity contribution in [1.29, 1.82) is 0 Å². The average molecular weight is 307 g/mol. The van der Waals surface area contributed by atoms with E-state index in [9.17, 15) is 4.79 Å². The molecule has 2 rings (SSSR count). The van der Waals surface area contributed by atoms with Gasteiger partial charge in [-0.1, -0.05) is 11.6 Å². The number of anilines is 1. The Kier molecular flexibility index (Phi) is 4.94. The molecular weight excluding hydrogens is 292 g/mol. The van der Waals surface area contributed by atoms with E-state index in [4.69, 9.17) is 22.1 Å². The average Bonchev–Trinajstić information content (AvgIpc) is 2.46. The molecule has 0 aliphatic carbocycles. The Balaban J connectivity index is 1.80. The number of nitrogens with one attached hydrogen (secondary N) is 1. The minimum absolute atomic E-state index is 0.0890. The minimum atomic E-state index is -0.259. The van der Waals surface area contributed by atoms with Crippen LogP contribution in [0.2, 0.25) is 5.02 Å². The van der Waals surface area contributed by atoms with Gasteiger partial charge in [-0.15, -0.1) is 0 Å². The van der Waals surface area contributed by atoms with Gasteiger partial charge in [0.2, 0.25) is 0 Å². The van der Waals surface area contributed by atoms with Crippen LogP contribution in [0.5, 0.6) is 5.75 Å². The lowest BCUT2D eigenvalue weighted by molar-refractivity contribution is -0.123. The van der Waals surface area contributed by atoms with Gasteiger partial charge in [-0.25, -0.2) is 9.97 Å². The molecule has 6 nitrogen and oxygen atoms in total. The number of amides is 1. The van der Waals surface area contributed by atoms with Crippen LogP contribution < -0.4 is 15.8 Å². The predicted molar refractivity (Wildman–Crippen MR) is 80.0 cm³/mol. The number of nitrogen functional groups attached to an aromatic ring is 1. The molecule has 0 spiro atoms. The van der Waals surface area contributed by atoms with E-state index in [-0.39, 0.29) is 19.1 Å². The molecule has 1 heterocycles. The number of benzene rings is 1. The summed E-state index contributed by atoms with van der Waals surface area (Å²) in [7, 11) is 0. The topological polar surface area (TPSA) is 90.1 Å². The van der Waals surface area contributed by atoms with Crippen molar-refractivity contribution in [3.05, 3.63) is 46.9 Å². The highest BCUT2D eigenvalue weighted by Crippen LogP contribution is 2.15. The van der Waals surface area contributed by atoms with Crippen molar-refractivity contribution >= 4 is 23.3 Å². The number of carbonyl (C=O) groups excluding carboxylic acids is 1. The van der Waals surface area contributed by atoms with Crippen LogP contribution in [0, 0.1) is 6.92 Å². The van der Waals surface area contributed by atoms with Gasteiger partial charge >= 0.3 is 0 Å². The number of hydrogen-bond acceptors (Lipinski definition) is 5. The zero-order valence-electron chi connectivity index (χ0n) is 11.5. The molecule has 0 atom stereocenters. The van der Waals surface area contributed by atoms with Gasteiger partial charge < -0.3 is 15.8 Å². The standard InChI is InChI=1S/C14H15ClN4O2/c1-9-17-6-10(14(16)19-9)7-18-13(20)8-21-12-4-2-11(15)3-5-12/h2-6H,7-8H2,1H3,(H,18,20)(H2,16,17,19). The molecular formula is C14H15ClN4O2. The van der Waals surface area contributed by atoms with Crippen LogP contribution in [0.4, 0.5) is 5.82 Å². The molecule has 7 heteroatoms. The first kappa shape index (κ1) is 15.1. The summed E-state index contributed by atoms with van der Waals surface area (Å²) >= 11 is 5.76. The second kappa shape index (κ2) is 6.90. The molecule has 0 saturated carbocycles. The molecule has 1 amide bonds. The Morgan fingerprint density at radius 2 is 2.10 bits per heavy atom. The molecule has 3 N–H and O–H groups in total. The summed E-state index contributed by atoms with van der Waals surface area (Å²) in [6, 6.07) is 6.78. The smallest absolute Gasteiger partial charge is 0.258 e. The molecule has 0 aliphatic heterocycles. The summed E-state index contributed by atoms with van der Waals surface area (Å²) in [5.41, 5.74) is 6.41. The third-order valence-electron chi connectivity index (χ3n) is 2.68. The maximum absolute atomic E-state index is 11.7. The third-order valence-corrected chi connectivity index (χ3v) is 2.93. The van der Waals surface area contributed by atoms with Crippen LogP contribution in [0.1, 0.15) is 11.4 Å². The van der Waals surface area contributed by atoms with E-state index in [0.717, 1.165) is 0 Å². The van der Waals surface area contributed by atoms with E-state index >= 15 is 0 Å². The van der Waals surface area contributed by atoms with E-state index in [1.54, 1.807) is 37.4 Å². The van der Waals surface area contributed by atoms with Gasteiger partial charge in [0, 0.05) is 23.3 Å². The molecule has 21 heavy (non-hydrogen) atoms. The Morgan fingerprint density at radius 3 is 2.76 bits per heavy atom. The predicted octanol–water partition coefficient (Wildman–Crippen LogP) is 1.72. The summed E-state index contributed by atoms with van der Waals surface area (Å²) < 4.78 is 5.33. The summed E-state index contributed by atoms with van der Waals surface area (Å²) in [4.78, 5) is 19.7. The number of aryl methyl sites for hydroxylation is 1. The van der Waals surface area contributed by atoms with Crippen molar-refractivity contribution in [2.24, 2.45) is 0 Å². The first-order valence-electron chi connectivity index (χ1n) is 6.27. The largest absolute Gasteiger partial charge is 0.484 e. The van der Waals surface area contributed by atoms with E-state index in [1.165, 1.54) is 0 Å². The highest BCUT2D eigenvalue weighted by atomic mass is 35.5. The molecule has 0 saturated heterocycles. The molecule has 0 aliphatic rings. The molecule has 0 unspecified atom stereocenters. The Labute approximate surface area is 127 Å². The Morgan fingerprint density at radius 1 is 1.38 bits per heavy atom. The zero-order chi connectivity index (χ0) is 15.2. The number of nitrogens with two attached hydrogens (primary N) is 1. The molecule has 110 valence electrons. The molecule has 1 aromatic heterocycles. The van der Waals surface area contributed by atoms with Crippen molar-refractivity contribution < 1.29 is 9.53 Å². The van der Waals surface area contributed by atoms with Gasteiger partial charge in [0.25, 0.3) is 5.91 Å². The van der Waals surface area contributed by atoms with Crippen LogP contribution in [-0.2, 0) is 11.3 Å². The van der Waals surface area contributed by atoms with Crippen molar-refractivity contribution in [1.82, 2.24) is 15.3 Å². The molecule has 1 aromatic carbocycles. The number of halogens is 1. The molecule has 0 radical (unpaired) electrons. The third kappa shape index (κ3) is 4.61. The first-order valence-corrected chi connectivity index (χ1v) is 6.65. The highest BCUT2D eigenvalue weighted by molar-refractivity contribution is 6.30. The lowest BCUT2D eigenvalue weighted by Crippen LogP contribution is -2.28. The SMILES string of the molecule is Cc1ncc(CNC(=O)COc2ccc(Cl)cc2)c(N)n1. The fraction of sp³-hybridized carbons (Fsp3) is 0.214. The van der Waals surface area contributed by atoms with Crippen LogP contribution >= 0.6 is 11.6 Å². The van der Waals surface area contributed by atoms with Gasteiger partial charge in [0.05, 0.1) is 0 Å². The van der Waals surface area contributed by atoms with Crippen LogP contribution in [-0.4, -0.2) is 22.5 Å². The Hall–Kier alpha value is -2.34. The summed E-state index contributed by atoms with van der Waals surface area (Å²) in [5, 5.41) is 3.30. The van der Waals surface area contributed by atoms with E-state index in [1.807, 2.05) is 0 Å². The van der Waals surface area contributed by atoms with Crippen LogP contribution in [0.15, 0.2) is 30.5 Å². The van der Waals surface area contributed by atoms with E-state index in [0.29, 0.717) is 28.0 Å². The van der Waals surface area contributed by atoms with Crippen molar-refractivity contribution in [3.8, 4) is 5.75 Å². The normalized spacial score (nSPS) is 10.2. The maximum atomic E-state index is 11.7. The van der Waals surface area contributed by atoms with Gasteiger partial charge in [0.15, 0.2) is 6.61 Å². The minimum Gasteiger partial charge on any atom is -0.484 e. The molecule has 0 fully saturated rings. The number of rotatable bonds is 5. The van der Waals surface area contributed by atoms with Gasteiger partial charge in [-0.2, -0.15) is 0 Å². The second-order valence-corrected chi connectivity index (χ2v) is 4.78. The fourth-order valence-corrected chi connectivity index (χ4v) is 1.70. The number of hydrogen-bond donors (Lipinski definition) is 2. The monoisotopic (exact) mass is 306 g/mol. The quantitative estimate of drug-likeness (QED) is 0.877. The van der Waals surface area contributed by atoms with Crippen LogP contribution in [0.25, 0.3) is 0 Å². The maximum Gasteiger partial charge on any atom is 0.258 e. The van der Waals surface area contributed by atoms with Crippen LogP contribution in [0.3, 0.4) is 0 Å². The summed E-state index contributed by atoms with van der Waals surface area (Å²) in [6.07, 6.45) is 1.60. The summed E-state index contributed by atoms with van der Waals surface area (Å²) in [5.74, 6) is 1.27. The van der Waals surface area contributed by atoms with Gasteiger partial charge in [-0.05, 0) is 31.2 Å². The fourth-order valence-electron chi connectivity index (χ4n) is 1.57. The Bertz CT molecular complexity index is 631. The highest BCUT2D eigenvalue weighted by Gasteiger charge is 2.06. The van der Waals surface area contributed by atoms with E-state index < -0.39 is 0 Å². The number of aromatic nitrogens is 2. The van der Waals surface area contributed by atoms with Gasteiger partial charge in [0.1, 0.15) is 17.4 Å². The second-order valence-electron chi connectivity index (χ2n) is 4.35. The first-order chi connectivity index (χ1) is 10.0. The lowest BCUT2D eigenvalue weighted by Gasteiger charge is -2.08. The van der Waals surface area contributed by atoms with Crippen molar-refractivity contribution in [2.75, 3.05) is 12.3 Å². The lowest BCUT2D eigenvalue weighted by atomic mass is 10.3. The zero-order valence-corrected chi connectivity index (χ0v) is 12.2. The van der Waals surface area contributed by atoms with Crippen molar-refractivity contribution in [3.63, 3.8) is 0 Å². The van der Waals surface area contributed by atoms with Gasteiger partial charge in [-0.3, -0.25) is 4.79 Å². The molecule has 0 bridgehead atoms. The number of ether oxygens (including phenoxy) is 1. The van der Waals surface area contributed by atoms with E-state index in [2.05, 4.69) is 15.3 Å². The molecule has 2 aromatic rings. The summed E-state index contributed by atoms with van der Waals surface area (Å²) in [6.45, 7) is 1.92. The number of nitrogens with zero attached hydrogens (tertiary/aromatic N) is 2. The number of carbonyl (C=O) groups is 1.